The summed E-state index contributed by atoms with van der Waals surface area (Å²) in [7, 11) is 2.60. The molecule has 0 radical (unpaired) electrons. The maximum absolute atomic E-state index is 12.0. The summed E-state index contributed by atoms with van der Waals surface area (Å²) in [5.41, 5.74) is -1.26. The molecular weight excluding hydrogens is 286 g/mol. The van der Waals surface area contributed by atoms with Crippen LogP contribution in [0.25, 0.3) is 0 Å². The van der Waals surface area contributed by atoms with Crippen LogP contribution in [-0.2, 0) is 24.7 Å². The zero-order valence-electron chi connectivity index (χ0n) is 11.0. The number of rotatable bonds is 5. The third-order valence-electron chi connectivity index (χ3n) is 3.17. The number of hydrogen-bond acceptors (Lipinski definition) is 5. The van der Waals surface area contributed by atoms with Gasteiger partial charge in [0.15, 0.2) is 11.4 Å². The molecule has 1 amide bonds. The summed E-state index contributed by atoms with van der Waals surface area (Å²) in [6, 6.07) is 4.61. The van der Waals surface area contributed by atoms with E-state index < -0.39 is 30.0 Å². The van der Waals surface area contributed by atoms with Gasteiger partial charge in [-0.05, 0) is 18.2 Å². The molecule has 1 aromatic rings. The number of benzene rings is 1. The standard InChI is InChI=1S/C13H14ClNO5/c1-19-11(20-2)10(16)6-13(18)8-5-7(14)3-4-9(8)15-12(13)17/h3-5,11,18H,6H2,1-2H3,(H,15,17)/t13-/m1/s1. The molecule has 108 valence electrons. The first-order chi connectivity index (χ1) is 9.42. The Hall–Kier alpha value is -1.47. The van der Waals surface area contributed by atoms with Gasteiger partial charge < -0.3 is 19.9 Å². The first kappa shape index (κ1) is 14.9. The lowest BCUT2D eigenvalue weighted by molar-refractivity contribution is -0.163. The first-order valence-corrected chi connectivity index (χ1v) is 6.22. The first-order valence-electron chi connectivity index (χ1n) is 5.84. The minimum Gasteiger partial charge on any atom is -0.375 e. The predicted molar refractivity (Wildman–Crippen MR) is 71.4 cm³/mol. The Kier molecular flexibility index (Phi) is 4.10. The molecule has 2 rings (SSSR count). The van der Waals surface area contributed by atoms with Gasteiger partial charge >= 0.3 is 0 Å². The van der Waals surface area contributed by atoms with Crippen LogP contribution < -0.4 is 5.32 Å². The predicted octanol–water partition coefficient (Wildman–Crippen LogP) is 1.06. The molecule has 0 aliphatic carbocycles. The second-order valence-corrected chi connectivity index (χ2v) is 4.89. The maximum atomic E-state index is 12.0. The Bertz CT molecular complexity index is 558. The summed E-state index contributed by atoms with van der Waals surface area (Å²) in [5.74, 6) is -1.21. The van der Waals surface area contributed by atoms with Crippen LogP contribution in [0.4, 0.5) is 5.69 Å². The molecule has 1 aliphatic rings. The minimum atomic E-state index is -1.97. The summed E-state index contributed by atoms with van der Waals surface area (Å²) >= 11 is 5.87. The number of ether oxygens (including phenoxy) is 2. The fraction of sp³-hybridized carbons (Fsp3) is 0.385. The Labute approximate surface area is 120 Å². The number of amides is 1. The van der Waals surface area contributed by atoms with E-state index >= 15 is 0 Å². The number of anilines is 1. The quantitative estimate of drug-likeness (QED) is 0.794. The number of aliphatic hydroxyl groups is 1. The number of Topliss-reactive ketones (excluding diaryl/α,β-unsaturated/α-hetero) is 1. The van der Waals surface area contributed by atoms with Gasteiger partial charge in [-0.2, -0.15) is 0 Å². The van der Waals surface area contributed by atoms with Gasteiger partial charge in [-0.3, -0.25) is 9.59 Å². The molecule has 0 aromatic heterocycles. The largest absolute Gasteiger partial charge is 0.375 e. The van der Waals surface area contributed by atoms with E-state index in [-0.39, 0.29) is 5.56 Å². The third kappa shape index (κ3) is 2.43. The minimum absolute atomic E-state index is 0.273. The number of nitrogens with one attached hydrogen (secondary N) is 1. The second kappa shape index (κ2) is 5.49. The molecule has 1 aliphatic heterocycles. The molecule has 0 saturated carbocycles. The summed E-state index contributed by atoms with van der Waals surface area (Å²) in [6.45, 7) is 0. The van der Waals surface area contributed by atoms with E-state index in [0.717, 1.165) is 0 Å². The number of ketones is 1. The fourth-order valence-electron chi connectivity index (χ4n) is 2.19. The SMILES string of the molecule is COC(OC)C(=O)C[C@]1(O)C(=O)Nc2ccc(Cl)cc21. The van der Waals surface area contributed by atoms with Crippen molar-refractivity contribution in [3.63, 3.8) is 0 Å². The number of methoxy groups -OCH3 is 2. The van der Waals surface area contributed by atoms with Crippen molar-refractivity contribution in [2.45, 2.75) is 18.3 Å². The highest BCUT2D eigenvalue weighted by Crippen LogP contribution is 2.40. The molecule has 0 spiro atoms. The summed E-state index contributed by atoms with van der Waals surface area (Å²) in [4.78, 5) is 23.9. The van der Waals surface area contributed by atoms with E-state index in [2.05, 4.69) is 5.32 Å². The average molecular weight is 300 g/mol. The van der Waals surface area contributed by atoms with E-state index in [1.807, 2.05) is 0 Å². The highest BCUT2D eigenvalue weighted by Gasteiger charge is 2.47. The van der Waals surface area contributed by atoms with Crippen LogP contribution >= 0.6 is 11.6 Å². The normalized spacial score (nSPS) is 20.9. The molecule has 1 atom stereocenters. The highest BCUT2D eigenvalue weighted by molar-refractivity contribution is 6.31. The smallest absolute Gasteiger partial charge is 0.261 e. The molecule has 2 N–H and O–H groups in total. The molecule has 0 saturated heterocycles. The fourth-order valence-corrected chi connectivity index (χ4v) is 2.36. The van der Waals surface area contributed by atoms with Crippen molar-refractivity contribution in [3.05, 3.63) is 28.8 Å². The second-order valence-electron chi connectivity index (χ2n) is 4.45. The zero-order valence-corrected chi connectivity index (χ0v) is 11.7. The molecule has 0 unspecified atom stereocenters. The van der Waals surface area contributed by atoms with Crippen molar-refractivity contribution >= 4 is 29.0 Å². The number of carbonyl (C=O) groups is 2. The Balaban J connectivity index is 2.33. The van der Waals surface area contributed by atoms with Crippen molar-refractivity contribution < 1.29 is 24.2 Å². The number of fused-ring (bicyclic) bond motifs is 1. The Morgan fingerprint density at radius 1 is 1.45 bits per heavy atom. The van der Waals surface area contributed by atoms with Crippen LogP contribution in [0.3, 0.4) is 0 Å². The highest BCUT2D eigenvalue weighted by atomic mass is 35.5. The van der Waals surface area contributed by atoms with Crippen molar-refractivity contribution in [2.75, 3.05) is 19.5 Å². The van der Waals surface area contributed by atoms with E-state index in [0.29, 0.717) is 10.7 Å². The zero-order chi connectivity index (χ0) is 14.9. The van der Waals surface area contributed by atoms with Gasteiger partial charge in [0.1, 0.15) is 0 Å². The Morgan fingerprint density at radius 3 is 2.70 bits per heavy atom. The van der Waals surface area contributed by atoms with Crippen LogP contribution in [0.2, 0.25) is 5.02 Å². The van der Waals surface area contributed by atoms with Crippen LogP contribution in [-0.4, -0.2) is 37.3 Å². The molecule has 0 fully saturated rings. The van der Waals surface area contributed by atoms with Gasteiger partial charge in [0.05, 0.1) is 6.42 Å². The lowest BCUT2D eigenvalue weighted by Crippen LogP contribution is -2.40. The van der Waals surface area contributed by atoms with Crippen molar-refractivity contribution in [2.24, 2.45) is 0 Å². The molecule has 20 heavy (non-hydrogen) atoms. The van der Waals surface area contributed by atoms with Crippen molar-refractivity contribution in [1.82, 2.24) is 0 Å². The monoisotopic (exact) mass is 299 g/mol. The average Bonchev–Trinajstić information content (AvgIpc) is 2.64. The lowest BCUT2D eigenvalue weighted by Gasteiger charge is -2.22. The van der Waals surface area contributed by atoms with E-state index in [9.17, 15) is 14.7 Å². The molecule has 6 nitrogen and oxygen atoms in total. The van der Waals surface area contributed by atoms with Gasteiger partial charge in [-0.15, -0.1) is 0 Å². The molecule has 0 bridgehead atoms. The van der Waals surface area contributed by atoms with Gasteiger partial charge in [-0.1, -0.05) is 11.6 Å². The maximum Gasteiger partial charge on any atom is 0.261 e. The number of carbonyl (C=O) groups excluding carboxylic acids is 2. The third-order valence-corrected chi connectivity index (χ3v) is 3.41. The number of hydrogen-bond donors (Lipinski definition) is 2. The summed E-state index contributed by atoms with van der Waals surface area (Å²) in [5, 5.41) is 13.4. The van der Waals surface area contributed by atoms with Crippen LogP contribution in [0.5, 0.6) is 0 Å². The molecule has 1 heterocycles. The van der Waals surface area contributed by atoms with Crippen LogP contribution in [0, 0.1) is 0 Å². The van der Waals surface area contributed by atoms with Gasteiger partial charge in [0.2, 0.25) is 6.29 Å². The van der Waals surface area contributed by atoms with E-state index in [4.69, 9.17) is 21.1 Å². The van der Waals surface area contributed by atoms with Crippen LogP contribution in [0.1, 0.15) is 12.0 Å². The van der Waals surface area contributed by atoms with E-state index in [1.54, 1.807) is 12.1 Å². The van der Waals surface area contributed by atoms with Crippen molar-refractivity contribution in [1.29, 1.82) is 0 Å². The van der Waals surface area contributed by atoms with E-state index in [1.165, 1.54) is 20.3 Å². The van der Waals surface area contributed by atoms with Crippen molar-refractivity contribution in [3.8, 4) is 0 Å². The van der Waals surface area contributed by atoms with Gasteiger partial charge in [0, 0.05) is 30.5 Å². The summed E-state index contributed by atoms with van der Waals surface area (Å²) < 4.78 is 9.65. The topological polar surface area (TPSA) is 84.9 Å². The van der Waals surface area contributed by atoms with Gasteiger partial charge in [0.25, 0.3) is 5.91 Å². The van der Waals surface area contributed by atoms with Gasteiger partial charge in [-0.25, -0.2) is 0 Å². The molecule has 7 heteroatoms. The Morgan fingerprint density at radius 2 is 2.10 bits per heavy atom. The lowest BCUT2D eigenvalue weighted by atomic mass is 9.90. The number of halogens is 1. The molecule has 1 aromatic carbocycles. The molecular formula is C13H14ClNO5. The van der Waals surface area contributed by atoms with Crippen LogP contribution in [0.15, 0.2) is 18.2 Å². The summed E-state index contributed by atoms with van der Waals surface area (Å²) in [6.07, 6.45) is -1.59.